The van der Waals surface area contributed by atoms with Crippen LogP contribution in [0.15, 0.2) is 30.3 Å². The summed E-state index contributed by atoms with van der Waals surface area (Å²) < 4.78 is 0. The van der Waals surface area contributed by atoms with Crippen molar-refractivity contribution >= 4 is 11.6 Å². The molecule has 2 nitrogen and oxygen atoms in total. The van der Waals surface area contributed by atoms with Crippen LogP contribution < -0.4 is 4.90 Å². The van der Waals surface area contributed by atoms with Crippen LogP contribution >= 0.6 is 0 Å². The van der Waals surface area contributed by atoms with E-state index in [2.05, 4.69) is 12.8 Å². The van der Waals surface area contributed by atoms with Gasteiger partial charge in [-0.15, -0.1) is 6.42 Å². The number of carbonyl (C=O) groups excluding carboxylic acids is 1. The van der Waals surface area contributed by atoms with Crippen molar-refractivity contribution in [2.45, 2.75) is 26.2 Å². The predicted molar refractivity (Wildman–Crippen MR) is 67.2 cm³/mol. The van der Waals surface area contributed by atoms with Crippen molar-refractivity contribution in [3.8, 4) is 12.3 Å². The van der Waals surface area contributed by atoms with Gasteiger partial charge in [-0.2, -0.15) is 0 Å². The van der Waals surface area contributed by atoms with Gasteiger partial charge in [-0.05, 0) is 18.6 Å². The lowest BCUT2D eigenvalue weighted by Gasteiger charge is -2.20. The second-order valence-electron chi connectivity index (χ2n) is 3.62. The Morgan fingerprint density at radius 1 is 1.38 bits per heavy atom. The number of unbranched alkanes of at least 4 members (excludes halogenated alkanes) is 1. The maximum Gasteiger partial charge on any atom is 0.227 e. The standard InChI is InChI=1S/C14H17NO/c1-3-5-11-14(16)15(12-4-2)13-9-7-6-8-10-13/h2,6-10H,3,5,11-12H2,1H3. The van der Waals surface area contributed by atoms with Gasteiger partial charge in [0.25, 0.3) is 0 Å². The van der Waals surface area contributed by atoms with Crippen LogP contribution in [0.2, 0.25) is 0 Å². The summed E-state index contributed by atoms with van der Waals surface area (Å²) in [7, 11) is 0. The van der Waals surface area contributed by atoms with E-state index in [0.29, 0.717) is 13.0 Å². The van der Waals surface area contributed by atoms with Crippen LogP contribution in [0, 0.1) is 12.3 Å². The zero-order valence-electron chi connectivity index (χ0n) is 9.65. The molecule has 0 unspecified atom stereocenters. The molecule has 0 radical (unpaired) electrons. The fourth-order valence-corrected chi connectivity index (χ4v) is 1.49. The summed E-state index contributed by atoms with van der Waals surface area (Å²) in [5, 5.41) is 0. The van der Waals surface area contributed by atoms with Gasteiger partial charge in [-0.3, -0.25) is 4.79 Å². The molecule has 0 saturated carbocycles. The highest BCUT2D eigenvalue weighted by atomic mass is 16.2. The van der Waals surface area contributed by atoms with E-state index in [1.807, 2.05) is 30.3 Å². The summed E-state index contributed by atoms with van der Waals surface area (Å²) in [5.41, 5.74) is 0.876. The average molecular weight is 215 g/mol. The first kappa shape index (κ1) is 12.3. The summed E-state index contributed by atoms with van der Waals surface area (Å²) in [6.07, 6.45) is 7.78. The van der Waals surface area contributed by atoms with Gasteiger partial charge >= 0.3 is 0 Å². The van der Waals surface area contributed by atoms with Gasteiger partial charge in [0.1, 0.15) is 0 Å². The normalized spacial score (nSPS) is 9.50. The van der Waals surface area contributed by atoms with E-state index in [-0.39, 0.29) is 5.91 Å². The predicted octanol–water partition coefficient (Wildman–Crippen LogP) is 2.84. The van der Waals surface area contributed by atoms with Gasteiger partial charge in [0.15, 0.2) is 0 Å². The number of amides is 1. The summed E-state index contributed by atoms with van der Waals surface area (Å²) in [5.74, 6) is 2.63. The number of hydrogen-bond acceptors (Lipinski definition) is 1. The molecule has 0 fully saturated rings. The first-order chi connectivity index (χ1) is 7.79. The fraction of sp³-hybridized carbons (Fsp3) is 0.357. The minimum atomic E-state index is 0.103. The van der Waals surface area contributed by atoms with Crippen LogP contribution in [0.5, 0.6) is 0 Å². The molecule has 0 saturated heterocycles. The molecule has 1 aromatic carbocycles. The van der Waals surface area contributed by atoms with Crippen LogP contribution in [0.25, 0.3) is 0 Å². The van der Waals surface area contributed by atoms with Crippen LogP contribution in [0.1, 0.15) is 26.2 Å². The molecule has 1 amide bonds. The third kappa shape index (κ3) is 3.43. The Hall–Kier alpha value is -1.75. The van der Waals surface area contributed by atoms with E-state index in [0.717, 1.165) is 18.5 Å². The fourth-order valence-electron chi connectivity index (χ4n) is 1.49. The third-order valence-electron chi connectivity index (χ3n) is 2.36. The van der Waals surface area contributed by atoms with Crippen molar-refractivity contribution in [3.63, 3.8) is 0 Å². The quantitative estimate of drug-likeness (QED) is 0.692. The summed E-state index contributed by atoms with van der Waals surface area (Å²) in [6.45, 7) is 2.41. The van der Waals surface area contributed by atoms with Crippen molar-refractivity contribution < 1.29 is 4.79 Å². The molecule has 2 heteroatoms. The molecule has 1 rings (SSSR count). The molecular formula is C14H17NO. The van der Waals surface area contributed by atoms with Crippen molar-refractivity contribution in [2.24, 2.45) is 0 Å². The van der Waals surface area contributed by atoms with E-state index in [4.69, 9.17) is 6.42 Å². The molecular weight excluding hydrogens is 198 g/mol. The lowest BCUT2D eigenvalue weighted by molar-refractivity contribution is -0.118. The third-order valence-corrected chi connectivity index (χ3v) is 2.36. The van der Waals surface area contributed by atoms with Gasteiger partial charge in [0.05, 0.1) is 6.54 Å². The van der Waals surface area contributed by atoms with Crippen LogP contribution in [-0.2, 0) is 4.79 Å². The topological polar surface area (TPSA) is 20.3 Å². The van der Waals surface area contributed by atoms with E-state index in [9.17, 15) is 4.79 Å². The largest absolute Gasteiger partial charge is 0.301 e. The Balaban J connectivity index is 2.76. The van der Waals surface area contributed by atoms with Crippen LogP contribution in [-0.4, -0.2) is 12.5 Å². The molecule has 0 spiro atoms. The Morgan fingerprint density at radius 3 is 2.62 bits per heavy atom. The lowest BCUT2D eigenvalue weighted by atomic mass is 10.2. The molecule has 0 aliphatic carbocycles. The number of nitrogens with zero attached hydrogens (tertiary/aromatic N) is 1. The summed E-state index contributed by atoms with van der Waals surface area (Å²) >= 11 is 0. The van der Waals surface area contributed by atoms with E-state index >= 15 is 0 Å². The van der Waals surface area contributed by atoms with E-state index in [1.165, 1.54) is 0 Å². The Bertz CT molecular complexity index is 364. The molecule has 0 atom stereocenters. The maximum atomic E-state index is 11.9. The summed E-state index contributed by atoms with van der Waals surface area (Å²) in [4.78, 5) is 13.6. The minimum Gasteiger partial charge on any atom is -0.301 e. The zero-order chi connectivity index (χ0) is 11.8. The number of benzene rings is 1. The van der Waals surface area contributed by atoms with Gasteiger partial charge in [0.2, 0.25) is 5.91 Å². The molecule has 84 valence electrons. The van der Waals surface area contributed by atoms with Crippen molar-refractivity contribution in [1.82, 2.24) is 0 Å². The average Bonchev–Trinajstić information content (AvgIpc) is 2.34. The molecule has 0 aromatic heterocycles. The molecule has 0 aliphatic rings. The van der Waals surface area contributed by atoms with Gasteiger partial charge < -0.3 is 4.90 Å². The zero-order valence-corrected chi connectivity index (χ0v) is 9.65. The monoisotopic (exact) mass is 215 g/mol. The number of terminal acetylenes is 1. The number of hydrogen-bond donors (Lipinski definition) is 0. The molecule has 0 bridgehead atoms. The van der Waals surface area contributed by atoms with Gasteiger partial charge in [-0.25, -0.2) is 0 Å². The molecule has 0 heterocycles. The first-order valence-corrected chi connectivity index (χ1v) is 5.58. The van der Waals surface area contributed by atoms with Crippen molar-refractivity contribution in [3.05, 3.63) is 30.3 Å². The number of carbonyl (C=O) groups is 1. The number of rotatable bonds is 5. The maximum absolute atomic E-state index is 11.9. The molecule has 16 heavy (non-hydrogen) atoms. The second kappa shape index (κ2) is 6.68. The summed E-state index contributed by atoms with van der Waals surface area (Å²) in [6, 6.07) is 9.55. The molecule has 0 N–H and O–H groups in total. The highest BCUT2D eigenvalue weighted by molar-refractivity contribution is 5.93. The van der Waals surface area contributed by atoms with Crippen LogP contribution in [0.4, 0.5) is 5.69 Å². The molecule has 0 aliphatic heterocycles. The number of anilines is 1. The Labute approximate surface area is 97.3 Å². The lowest BCUT2D eigenvalue weighted by Crippen LogP contribution is -2.30. The highest BCUT2D eigenvalue weighted by Gasteiger charge is 2.13. The van der Waals surface area contributed by atoms with Gasteiger partial charge in [-0.1, -0.05) is 37.5 Å². The molecule has 1 aromatic rings. The van der Waals surface area contributed by atoms with Gasteiger partial charge in [0, 0.05) is 12.1 Å². The van der Waals surface area contributed by atoms with Crippen molar-refractivity contribution in [1.29, 1.82) is 0 Å². The number of para-hydroxylation sites is 1. The van der Waals surface area contributed by atoms with E-state index in [1.54, 1.807) is 4.90 Å². The van der Waals surface area contributed by atoms with E-state index < -0.39 is 0 Å². The first-order valence-electron chi connectivity index (χ1n) is 5.58. The Morgan fingerprint density at radius 2 is 2.06 bits per heavy atom. The van der Waals surface area contributed by atoms with Crippen LogP contribution in [0.3, 0.4) is 0 Å². The highest BCUT2D eigenvalue weighted by Crippen LogP contribution is 2.14. The smallest absolute Gasteiger partial charge is 0.227 e. The Kier molecular flexibility index (Phi) is 5.15. The minimum absolute atomic E-state index is 0.103. The second-order valence-corrected chi connectivity index (χ2v) is 3.62. The van der Waals surface area contributed by atoms with Crippen molar-refractivity contribution in [2.75, 3.05) is 11.4 Å². The SMILES string of the molecule is C#CCN(C(=O)CCCC)c1ccccc1.